The predicted molar refractivity (Wildman–Crippen MR) is 150 cm³/mol. The van der Waals surface area contributed by atoms with Crippen LogP contribution < -0.4 is 15.8 Å². The summed E-state index contributed by atoms with van der Waals surface area (Å²) in [5.41, 5.74) is 7.15. The van der Waals surface area contributed by atoms with Crippen LogP contribution in [0, 0.1) is 6.92 Å². The zero-order valence-corrected chi connectivity index (χ0v) is 25.0. The van der Waals surface area contributed by atoms with Crippen molar-refractivity contribution in [3.05, 3.63) is 53.6 Å². The van der Waals surface area contributed by atoms with Crippen molar-refractivity contribution in [2.24, 2.45) is 5.73 Å². The summed E-state index contributed by atoms with van der Waals surface area (Å²) in [5, 5.41) is 2.59. The number of hydrogen-bond donors (Lipinski definition) is 2. The third-order valence-corrected chi connectivity index (χ3v) is 6.63. The lowest BCUT2D eigenvalue weighted by Gasteiger charge is -2.50. The fraction of sp³-hybridized carbons (Fsp3) is 0.433. The lowest BCUT2D eigenvalue weighted by Crippen LogP contribution is -2.75. The van der Waals surface area contributed by atoms with Crippen LogP contribution in [0.25, 0.3) is 11.1 Å². The average molecular weight is 601 g/mol. The van der Waals surface area contributed by atoms with Gasteiger partial charge in [0, 0.05) is 40.3 Å². The van der Waals surface area contributed by atoms with Crippen molar-refractivity contribution in [1.82, 2.24) is 5.32 Å². The number of carbonyl (C=O) groups is 5. The minimum atomic E-state index is -2.12. The van der Waals surface area contributed by atoms with Gasteiger partial charge in [-0.2, -0.15) is 0 Å². The zero-order valence-electron chi connectivity index (χ0n) is 25.0. The molecule has 1 aliphatic heterocycles. The largest absolute Gasteiger partial charge is 0.460 e. The van der Waals surface area contributed by atoms with Crippen molar-refractivity contribution >= 4 is 29.8 Å². The van der Waals surface area contributed by atoms with Crippen LogP contribution >= 0.6 is 0 Å². The van der Waals surface area contributed by atoms with Gasteiger partial charge in [0.1, 0.15) is 11.9 Å². The minimum Gasteiger partial charge on any atom is -0.460 e. The second kappa shape index (κ2) is 13.7. The maximum atomic E-state index is 12.2. The zero-order chi connectivity index (χ0) is 32.1. The van der Waals surface area contributed by atoms with Crippen molar-refractivity contribution in [2.45, 2.75) is 78.0 Å². The number of carbonyl (C=O) groups excluding carboxylic acids is 5. The molecule has 1 saturated heterocycles. The third-order valence-electron chi connectivity index (χ3n) is 6.63. The first-order valence-corrected chi connectivity index (χ1v) is 13.4. The SMILES string of the molecule is CNC(=O)c1cccc(-c2ccc(OC3OC(N)(C(C)OC(C)=O)C(OC(C)=O)C(OC(C)=O)C3OC(C)=O)c(C)c2)c1. The van der Waals surface area contributed by atoms with E-state index in [1.165, 1.54) is 6.92 Å². The molecule has 1 aliphatic rings. The summed E-state index contributed by atoms with van der Waals surface area (Å²) in [6.07, 6.45) is -7.34. The Morgan fingerprint density at radius 3 is 2.02 bits per heavy atom. The summed E-state index contributed by atoms with van der Waals surface area (Å²) in [6.45, 7) is 7.64. The smallest absolute Gasteiger partial charge is 0.303 e. The average Bonchev–Trinajstić information content (AvgIpc) is 2.92. The second-order valence-corrected chi connectivity index (χ2v) is 10.0. The standard InChI is InChI=1S/C30H36N2O11/c1-15-13-22(21-9-8-10-23(14-21)28(37)32-7)11-12-24(15)42-29-26(40-19(5)35)25(39-18(4)34)27(41-20(6)36)30(31,43-29)16(2)38-17(3)33/h8-14,16,25-27,29H,31H2,1-7H3,(H,32,37). The Balaban J connectivity index is 2.07. The summed E-state index contributed by atoms with van der Waals surface area (Å²) in [4.78, 5) is 60.4. The second-order valence-electron chi connectivity index (χ2n) is 10.0. The van der Waals surface area contributed by atoms with Crippen molar-refractivity contribution in [2.75, 3.05) is 7.05 Å². The Morgan fingerprint density at radius 1 is 0.860 bits per heavy atom. The molecule has 1 heterocycles. The Bertz CT molecular complexity index is 1390. The van der Waals surface area contributed by atoms with Gasteiger partial charge in [-0.3, -0.25) is 29.7 Å². The molecule has 2 aromatic rings. The molecule has 13 nitrogen and oxygen atoms in total. The number of benzene rings is 2. The van der Waals surface area contributed by atoms with E-state index in [0.29, 0.717) is 11.1 Å². The van der Waals surface area contributed by atoms with E-state index >= 15 is 0 Å². The minimum absolute atomic E-state index is 0.230. The highest BCUT2D eigenvalue weighted by Crippen LogP contribution is 2.38. The molecule has 1 amide bonds. The van der Waals surface area contributed by atoms with Gasteiger partial charge in [-0.25, -0.2) is 0 Å². The number of aryl methyl sites for hydroxylation is 1. The van der Waals surface area contributed by atoms with Crippen LogP contribution in [0.3, 0.4) is 0 Å². The van der Waals surface area contributed by atoms with Crippen LogP contribution in [-0.2, 0) is 42.9 Å². The summed E-state index contributed by atoms with van der Waals surface area (Å²) >= 11 is 0. The molecule has 2 aromatic carbocycles. The van der Waals surface area contributed by atoms with Gasteiger partial charge in [0.25, 0.3) is 5.91 Å². The number of nitrogens with two attached hydrogens (primary N) is 1. The van der Waals surface area contributed by atoms with Crippen LogP contribution in [-0.4, -0.2) is 73.3 Å². The molecule has 13 heteroatoms. The van der Waals surface area contributed by atoms with Crippen LogP contribution in [0.5, 0.6) is 5.75 Å². The van der Waals surface area contributed by atoms with Crippen LogP contribution in [0.15, 0.2) is 42.5 Å². The molecule has 3 N–H and O–H groups in total. The summed E-state index contributed by atoms with van der Waals surface area (Å²) in [5.74, 6) is -3.06. The number of nitrogens with one attached hydrogen (secondary N) is 1. The van der Waals surface area contributed by atoms with Gasteiger partial charge in [0.05, 0.1) is 0 Å². The van der Waals surface area contributed by atoms with Gasteiger partial charge in [0.2, 0.25) is 12.4 Å². The molecule has 0 aromatic heterocycles. The molecule has 0 spiro atoms. The molecule has 43 heavy (non-hydrogen) atoms. The van der Waals surface area contributed by atoms with Crippen molar-refractivity contribution in [3.63, 3.8) is 0 Å². The van der Waals surface area contributed by atoms with Crippen LogP contribution in [0.2, 0.25) is 0 Å². The Hall–Kier alpha value is -4.49. The number of rotatable bonds is 9. The van der Waals surface area contributed by atoms with Gasteiger partial charge in [-0.05, 0) is 54.8 Å². The van der Waals surface area contributed by atoms with Gasteiger partial charge in [0.15, 0.2) is 17.9 Å². The molecule has 1 fully saturated rings. The highest BCUT2D eigenvalue weighted by atomic mass is 16.7. The Morgan fingerprint density at radius 2 is 1.47 bits per heavy atom. The van der Waals surface area contributed by atoms with E-state index < -0.39 is 60.3 Å². The molecule has 0 aliphatic carbocycles. The highest BCUT2D eigenvalue weighted by molar-refractivity contribution is 5.95. The molecule has 0 bridgehead atoms. The predicted octanol–water partition coefficient (Wildman–Crippen LogP) is 2.16. The maximum Gasteiger partial charge on any atom is 0.303 e. The first-order valence-electron chi connectivity index (χ1n) is 13.4. The van der Waals surface area contributed by atoms with E-state index in [0.717, 1.165) is 38.8 Å². The fourth-order valence-corrected chi connectivity index (χ4v) is 4.72. The van der Waals surface area contributed by atoms with E-state index in [1.807, 2.05) is 12.1 Å². The normalized spacial score (nSPS) is 23.7. The molecule has 6 unspecified atom stereocenters. The quantitative estimate of drug-likeness (QED) is 0.317. The van der Waals surface area contributed by atoms with Crippen LogP contribution in [0.1, 0.15) is 50.5 Å². The van der Waals surface area contributed by atoms with E-state index in [2.05, 4.69) is 5.32 Å². The monoisotopic (exact) mass is 600 g/mol. The first-order chi connectivity index (χ1) is 20.2. The molecule has 0 saturated carbocycles. The summed E-state index contributed by atoms with van der Waals surface area (Å²) in [7, 11) is 1.55. The van der Waals surface area contributed by atoms with Crippen molar-refractivity contribution < 1.29 is 52.4 Å². The number of amides is 1. The van der Waals surface area contributed by atoms with Gasteiger partial charge < -0.3 is 33.7 Å². The van der Waals surface area contributed by atoms with Gasteiger partial charge >= 0.3 is 23.9 Å². The summed E-state index contributed by atoms with van der Waals surface area (Å²) < 4.78 is 33.9. The number of hydrogen-bond acceptors (Lipinski definition) is 12. The lowest BCUT2D eigenvalue weighted by atomic mass is 9.89. The van der Waals surface area contributed by atoms with Crippen LogP contribution in [0.4, 0.5) is 0 Å². The van der Waals surface area contributed by atoms with E-state index in [4.69, 9.17) is 34.2 Å². The van der Waals surface area contributed by atoms with E-state index in [-0.39, 0.29) is 11.7 Å². The molecular formula is C30H36N2O11. The lowest BCUT2D eigenvalue weighted by molar-refractivity contribution is -0.333. The number of esters is 4. The van der Waals surface area contributed by atoms with Crippen molar-refractivity contribution in [1.29, 1.82) is 0 Å². The molecule has 3 rings (SSSR count). The van der Waals surface area contributed by atoms with E-state index in [9.17, 15) is 24.0 Å². The molecule has 0 radical (unpaired) electrons. The summed E-state index contributed by atoms with van der Waals surface area (Å²) in [6, 6.07) is 12.2. The van der Waals surface area contributed by atoms with Crippen molar-refractivity contribution in [3.8, 4) is 16.9 Å². The topological polar surface area (TPSA) is 179 Å². The molecular weight excluding hydrogens is 564 g/mol. The third kappa shape index (κ3) is 7.87. The Labute approximate surface area is 248 Å². The van der Waals surface area contributed by atoms with Gasteiger partial charge in [-0.15, -0.1) is 0 Å². The molecule has 232 valence electrons. The number of ether oxygens (including phenoxy) is 6. The highest BCUT2D eigenvalue weighted by Gasteiger charge is 2.62. The van der Waals surface area contributed by atoms with Gasteiger partial charge in [-0.1, -0.05) is 18.2 Å². The maximum absolute atomic E-state index is 12.2. The van der Waals surface area contributed by atoms with E-state index in [1.54, 1.807) is 44.3 Å². The fourth-order valence-electron chi connectivity index (χ4n) is 4.72. The Kier molecular flexibility index (Phi) is 10.5. The first kappa shape index (κ1) is 33.0. The molecule has 6 atom stereocenters.